The molecule has 2 aromatic heterocycles. The van der Waals surface area contributed by atoms with Gasteiger partial charge in [-0.25, -0.2) is 4.79 Å². The molecule has 0 aliphatic heterocycles. The maximum absolute atomic E-state index is 13.0. The highest BCUT2D eigenvalue weighted by Gasteiger charge is 2.34. The van der Waals surface area contributed by atoms with Crippen molar-refractivity contribution >= 4 is 27.7 Å². The number of pyridine rings is 2. The van der Waals surface area contributed by atoms with E-state index >= 15 is 0 Å². The third kappa shape index (κ3) is 5.69. The molecule has 0 aliphatic rings. The van der Waals surface area contributed by atoms with E-state index in [1.54, 1.807) is 32.9 Å². The van der Waals surface area contributed by atoms with Crippen molar-refractivity contribution in [2.75, 3.05) is 4.90 Å². The molecule has 0 aliphatic carbocycles. The van der Waals surface area contributed by atoms with E-state index in [1.807, 2.05) is 0 Å². The summed E-state index contributed by atoms with van der Waals surface area (Å²) >= 11 is 3.26. The van der Waals surface area contributed by atoms with Gasteiger partial charge in [0.1, 0.15) is 11.3 Å². The largest absolute Gasteiger partial charge is 0.443 e. The van der Waals surface area contributed by atoms with Crippen molar-refractivity contribution in [3.8, 4) is 0 Å². The Morgan fingerprint density at radius 1 is 1.19 bits per heavy atom. The molecule has 0 atom stereocenters. The average Bonchev–Trinajstić information content (AvgIpc) is 2.52. The Hall–Kier alpha value is -2.16. The van der Waals surface area contributed by atoms with Crippen LogP contribution in [0, 0.1) is 0 Å². The number of hydrogen-bond donors (Lipinski definition) is 0. The van der Waals surface area contributed by atoms with Crippen molar-refractivity contribution in [2.24, 2.45) is 0 Å². The van der Waals surface area contributed by atoms with E-state index in [9.17, 15) is 18.0 Å². The second-order valence-corrected chi connectivity index (χ2v) is 7.35. The maximum Gasteiger partial charge on any atom is 0.433 e. The Morgan fingerprint density at radius 3 is 2.42 bits per heavy atom. The van der Waals surface area contributed by atoms with E-state index in [0.717, 1.165) is 21.6 Å². The van der Waals surface area contributed by atoms with Crippen molar-refractivity contribution in [3.63, 3.8) is 0 Å². The first-order valence-electron chi connectivity index (χ1n) is 7.60. The van der Waals surface area contributed by atoms with Crippen LogP contribution in [0.3, 0.4) is 0 Å². The molecule has 2 rings (SSSR count). The molecule has 0 fully saturated rings. The molecule has 0 radical (unpaired) electrons. The topological polar surface area (TPSA) is 55.3 Å². The second kappa shape index (κ2) is 7.61. The summed E-state index contributed by atoms with van der Waals surface area (Å²) in [6.45, 7) is 4.97. The Balaban J connectivity index is 2.39. The molecule has 2 heterocycles. The van der Waals surface area contributed by atoms with Gasteiger partial charge in [-0.1, -0.05) is 0 Å². The van der Waals surface area contributed by atoms with Crippen LogP contribution in [0.5, 0.6) is 0 Å². The summed E-state index contributed by atoms with van der Waals surface area (Å²) in [5.74, 6) is 0. The summed E-state index contributed by atoms with van der Waals surface area (Å²) < 4.78 is 44.9. The number of anilines is 1. The quantitative estimate of drug-likeness (QED) is 0.669. The number of alkyl halides is 3. The standard InChI is InChI=1S/C17H17BrF3N3O2/c1-16(2,3)26-15(25)24(10-12-5-4-11(18)9-23-12)13-6-7-22-14(8-13)17(19,20)21/h4-9H,10H2,1-3H3. The second-order valence-electron chi connectivity index (χ2n) is 6.43. The van der Waals surface area contributed by atoms with Crippen molar-refractivity contribution in [1.82, 2.24) is 9.97 Å². The van der Waals surface area contributed by atoms with Gasteiger partial charge in [-0.2, -0.15) is 13.2 Å². The monoisotopic (exact) mass is 431 g/mol. The van der Waals surface area contributed by atoms with Crippen LogP contribution in [0.2, 0.25) is 0 Å². The van der Waals surface area contributed by atoms with E-state index in [1.165, 1.54) is 12.3 Å². The molecule has 0 aromatic carbocycles. The van der Waals surface area contributed by atoms with Crippen LogP contribution >= 0.6 is 15.9 Å². The lowest BCUT2D eigenvalue weighted by Crippen LogP contribution is -2.37. The Kier molecular flexibility index (Phi) is 5.90. The molecular weight excluding hydrogens is 415 g/mol. The van der Waals surface area contributed by atoms with Gasteiger partial charge in [0.05, 0.1) is 17.9 Å². The number of rotatable bonds is 3. The third-order valence-corrected chi connectivity index (χ3v) is 3.54. The number of carbonyl (C=O) groups excluding carboxylic acids is 1. The molecule has 2 aromatic rings. The first-order valence-corrected chi connectivity index (χ1v) is 8.39. The number of nitrogens with zero attached hydrogens (tertiary/aromatic N) is 3. The highest BCUT2D eigenvalue weighted by atomic mass is 79.9. The number of carbonyl (C=O) groups is 1. The minimum absolute atomic E-state index is 0.0197. The van der Waals surface area contributed by atoms with Gasteiger partial charge in [0.2, 0.25) is 0 Å². The molecule has 5 nitrogen and oxygen atoms in total. The molecule has 9 heteroatoms. The number of hydrogen-bond acceptors (Lipinski definition) is 4. The Labute approximate surface area is 157 Å². The molecule has 140 valence electrons. The summed E-state index contributed by atoms with van der Waals surface area (Å²) in [5.41, 5.74) is -1.38. The predicted octanol–water partition coefficient (Wildman–Crippen LogP) is 5.20. The zero-order chi connectivity index (χ0) is 19.5. The van der Waals surface area contributed by atoms with Crippen molar-refractivity contribution in [3.05, 3.63) is 52.5 Å². The first-order chi connectivity index (χ1) is 12.0. The lowest BCUT2D eigenvalue weighted by molar-refractivity contribution is -0.141. The zero-order valence-electron chi connectivity index (χ0n) is 14.3. The van der Waals surface area contributed by atoms with Crippen LogP contribution in [0.4, 0.5) is 23.7 Å². The lowest BCUT2D eigenvalue weighted by Gasteiger charge is -2.27. The number of amides is 1. The third-order valence-electron chi connectivity index (χ3n) is 3.07. The molecule has 0 bridgehead atoms. The van der Waals surface area contributed by atoms with Gasteiger partial charge in [-0.3, -0.25) is 14.9 Å². The van der Waals surface area contributed by atoms with Crippen molar-refractivity contribution < 1.29 is 22.7 Å². The van der Waals surface area contributed by atoms with E-state index in [-0.39, 0.29) is 12.2 Å². The van der Waals surface area contributed by atoms with Crippen LogP contribution in [-0.4, -0.2) is 21.7 Å². The number of ether oxygens (including phenoxy) is 1. The van der Waals surface area contributed by atoms with E-state index in [4.69, 9.17) is 4.74 Å². The summed E-state index contributed by atoms with van der Waals surface area (Å²) in [6.07, 6.45) is -2.85. The highest BCUT2D eigenvalue weighted by Crippen LogP contribution is 2.30. The van der Waals surface area contributed by atoms with Gasteiger partial charge in [0.15, 0.2) is 0 Å². The van der Waals surface area contributed by atoms with Crippen LogP contribution < -0.4 is 4.90 Å². The minimum Gasteiger partial charge on any atom is -0.443 e. The number of aromatic nitrogens is 2. The first kappa shape index (κ1) is 20.2. The van der Waals surface area contributed by atoms with Crippen LogP contribution in [0.25, 0.3) is 0 Å². The van der Waals surface area contributed by atoms with E-state index < -0.39 is 23.6 Å². The van der Waals surface area contributed by atoms with Gasteiger partial charge < -0.3 is 4.74 Å². The smallest absolute Gasteiger partial charge is 0.433 e. The molecule has 1 amide bonds. The Morgan fingerprint density at radius 2 is 1.88 bits per heavy atom. The zero-order valence-corrected chi connectivity index (χ0v) is 15.9. The molecule has 0 saturated heterocycles. The van der Waals surface area contributed by atoms with E-state index in [0.29, 0.717) is 5.69 Å². The van der Waals surface area contributed by atoms with Crippen molar-refractivity contribution in [2.45, 2.75) is 39.1 Å². The molecule has 0 spiro atoms. The molecule has 26 heavy (non-hydrogen) atoms. The summed E-state index contributed by atoms with van der Waals surface area (Å²) in [4.78, 5) is 21.1. The van der Waals surface area contributed by atoms with Gasteiger partial charge in [0, 0.05) is 16.9 Å². The van der Waals surface area contributed by atoms with Gasteiger partial charge in [-0.15, -0.1) is 0 Å². The number of halogens is 4. The lowest BCUT2D eigenvalue weighted by atomic mass is 10.2. The fraction of sp³-hybridized carbons (Fsp3) is 0.353. The summed E-state index contributed by atoms with van der Waals surface area (Å²) in [7, 11) is 0. The van der Waals surface area contributed by atoms with Crippen LogP contribution in [0.1, 0.15) is 32.2 Å². The normalized spacial score (nSPS) is 12.0. The Bertz CT molecular complexity index is 774. The molecule has 0 saturated carbocycles. The SMILES string of the molecule is CC(C)(C)OC(=O)N(Cc1ccc(Br)cn1)c1ccnc(C(F)(F)F)c1. The van der Waals surface area contributed by atoms with Gasteiger partial charge in [0.25, 0.3) is 0 Å². The average molecular weight is 432 g/mol. The fourth-order valence-corrected chi connectivity index (χ4v) is 2.22. The van der Waals surface area contributed by atoms with Crippen LogP contribution in [-0.2, 0) is 17.5 Å². The van der Waals surface area contributed by atoms with Gasteiger partial charge in [-0.05, 0) is 61.0 Å². The summed E-state index contributed by atoms with van der Waals surface area (Å²) in [6, 6.07) is 5.51. The van der Waals surface area contributed by atoms with Crippen LogP contribution in [0.15, 0.2) is 41.1 Å². The minimum atomic E-state index is -4.62. The van der Waals surface area contributed by atoms with E-state index in [2.05, 4.69) is 25.9 Å². The molecular formula is C17H17BrF3N3O2. The highest BCUT2D eigenvalue weighted by molar-refractivity contribution is 9.10. The molecule has 0 N–H and O–H groups in total. The fourth-order valence-electron chi connectivity index (χ4n) is 1.98. The van der Waals surface area contributed by atoms with Crippen molar-refractivity contribution in [1.29, 1.82) is 0 Å². The molecule has 0 unspecified atom stereocenters. The predicted molar refractivity (Wildman–Crippen MR) is 93.6 cm³/mol. The summed E-state index contributed by atoms with van der Waals surface area (Å²) in [5, 5.41) is 0. The van der Waals surface area contributed by atoms with Gasteiger partial charge >= 0.3 is 12.3 Å². The maximum atomic E-state index is 13.0.